The van der Waals surface area contributed by atoms with E-state index in [1.165, 1.54) is 6.42 Å². The molecule has 1 rings (SSSR count). The van der Waals surface area contributed by atoms with Gasteiger partial charge in [-0.05, 0) is 45.8 Å². The Morgan fingerprint density at radius 3 is 2.67 bits per heavy atom. The summed E-state index contributed by atoms with van der Waals surface area (Å²) in [6, 6.07) is 0. The monoisotopic (exact) mass is 214 g/mol. The maximum Gasteiger partial charge on any atom is 0.0306 e. The number of hydrogen-bond acceptors (Lipinski definition) is 4. The van der Waals surface area contributed by atoms with E-state index in [1.807, 2.05) is 0 Å². The molecule has 0 saturated carbocycles. The Morgan fingerprint density at radius 1 is 1.27 bits per heavy atom. The van der Waals surface area contributed by atoms with E-state index in [0.717, 1.165) is 52.1 Å². The van der Waals surface area contributed by atoms with E-state index in [2.05, 4.69) is 17.1 Å². The molecule has 0 aromatic heterocycles. The Balaban J connectivity index is 2.46. The van der Waals surface area contributed by atoms with Crippen LogP contribution in [-0.2, 0) is 0 Å². The highest BCUT2D eigenvalue weighted by Crippen LogP contribution is 2.22. The van der Waals surface area contributed by atoms with Crippen molar-refractivity contribution in [3.05, 3.63) is 0 Å². The third kappa shape index (κ3) is 3.72. The maximum absolute atomic E-state index is 5.59. The molecule has 0 radical (unpaired) electrons. The molecule has 1 fully saturated rings. The van der Waals surface area contributed by atoms with Crippen molar-refractivity contribution >= 4 is 0 Å². The summed E-state index contributed by atoms with van der Waals surface area (Å²) in [6.07, 6.45) is 3.39. The lowest BCUT2D eigenvalue weighted by Crippen LogP contribution is -2.59. The van der Waals surface area contributed by atoms with E-state index in [9.17, 15) is 0 Å². The van der Waals surface area contributed by atoms with Crippen LogP contribution in [0.5, 0.6) is 0 Å². The second-order valence-electron chi connectivity index (χ2n) is 4.70. The fourth-order valence-corrected chi connectivity index (χ4v) is 2.35. The van der Waals surface area contributed by atoms with Crippen LogP contribution in [0.2, 0.25) is 0 Å². The first-order valence-electron chi connectivity index (χ1n) is 6.09. The third-order valence-electron chi connectivity index (χ3n) is 3.38. The predicted molar refractivity (Wildman–Crippen MR) is 64.8 cm³/mol. The number of hydrogen-bond donors (Lipinski definition) is 3. The fraction of sp³-hybridized carbons (Fsp3) is 1.00. The van der Waals surface area contributed by atoms with E-state index in [-0.39, 0.29) is 5.54 Å². The number of piperazine rings is 1. The topological polar surface area (TPSA) is 67.3 Å². The molecule has 90 valence electrons. The second kappa shape index (κ2) is 6.43. The van der Waals surface area contributed by atoms with Gasteiger partial charge in [-0.1, -0.05) is 0 Å². The number of rotatable bonds is 6. The van der Waals surface area contributed by atoms with E-state index >= 15 is 0 Å². The van der Waals surface area contributed by atoms with Crippen LogP contribution in [0.25, 0.3) is 0 Å². The van der Waals surface area contributed by atoms with Crippen molar-refractivity contribution in [1.29, 1.82) is 0 Å². The van der Waals surface area contributed by atoms with Crippen LogP contribution in [0.15, 0.2) is 0 Å². The molecule has 0 bridgehead atoms. The summed E-state index contributed by atoms with van der Waals surface area (Å²) < 4.78 is 0. The van der Waals surface area contributed by atoms with Gasteiger partial charge in [-0.3, -0.25) is 4.90 Å². The number of nitrogens with zero attached hydrogens (tertiary/aromatic N) is 1. The van der Waals surface area contributed by atoms with Gasteiger partial charge in [-0.2, -0.15) is 0 Å². The second-order valence-corrected chi connectivity index (χ2v) is 4.70. The van der Waals surface area contributed by atoms with Gasteiger partial charge in [-0.25, -0.2) is 0 Å². The van der Waals surface area contributed by atoms with Crippen molar-refractivity contribution in [3.63, 3.8) is 0 Å². The summed E-state index contributed by atoms with van der Waals surface area (Å²) in [4.78, 5) is 2.58. The van der Waals surface area contributed by atoms with Gasteiger partial charge in [0.15, 0.2) is 0 Å². The predicted octanol–water partition coefficient (Wildman–Crippen LogP) is -0.262. The lowest BCUT2D eigenvalue weighted by molar-refractivity contribution is 0.0655. The summed E-state index contributed by atoms with van der Waals surface area (Å²) in [5.41, 5.74) is 11.4. The van der Waals surface area contributed by atoms with Crippen molar-refractivity contribution < 1.29 is 0 Å². The number of nitrogens with two attached hydrogens (primary N) is 2. The normalized spacial score (nSPS) is 28.2. The molecule has 1 saturated heterocycles. The first-order chi connectivity index (χ1) is 7.23. The van der Waals surface area contributed by atoms with Crippen molar-refractivity contribution in [2.75, 3.05) is 39.3 Å². The first kappa shape index (κ1) is 12.9. The Hall–Kier alpha value is -0.160. The Morgan fingerprint density at radius 2 is 2.00 bits per heavy atom. The van der Waals surface area contributed by atoms with Crippen molar-refractivity contribution in [1.82, 2.24) is 10.2 Å². The van der Waals surface area contributed by atoms with Crippen molar-refractivity contribution in [2.24, 2.45) is 11.5 Å². The molecular formula is C11H26N4. The van der Waals surface area contributed by atoms with Crippen LogP contribution >= 0.6 is 0 Å². The van der Waals surface area contributed by atoms with E-state index < -0.39 is 0 Å². The van der Waals surface area contributed by atoms with Crippen LogP contribution in [0.1, 0.15) is 26.2 Å². The van der Waals surface area contributed by atoms with Gasteiger partial charge in [0.2, 0.25) is 0 Å². The van der Waals surface area contributed by atoms with Gasteiger partial charge >= 0.3 is 0 Å². The minimum Gasteiger partial charge on any atom is -0.330 e. The summed E-state index contributed by atoms with van der Waals surface area (Å²) in [5.74, 6) is 0. The smallest absolute Gasteiger partial charge is 0.0306 e. The van der Waals surface area contributed by atoms with E-state index in [0.29, 0.717) is 0 Å². The summed E-state index contributed by atoms with van der Waals surface area (Å²) in [5, 5.41) is 3.48. The molecular weight excluding hydrogens is 188 g/mol. The first-order valence-corrected chi connectivity index (χ1v) is 6.09. The molecule has 0 spiro atoms. The molecule has 0 aromatic carbocycles. The van der Waals surface area contributed by atoms with Gasteiger partial charge in [0.25, 0.3) is 0 Å². The third-order valence-corrected chi connectivity index (χ3v) is 3.38. The highest BCUT2D eigenvalue weighted by Gasteiger charge is 2.32. The minimum absolute atomic E-state index is 0.285. The zero-order valence-electron chi connectivity index (χ0n) is 9.97. The zero-order valence-corrected chi connectivity index (χ0v) is 9.97. The van der Waals surface area contributed by atoms with Crippen molar-refractivity contribution in [3.8, 4) is 0 Å². The van der Waals surface area contributed by atoms with Gasteiger partial charge < -0.3 is 16.8 Å². The summed E-state index contributed by atoms with van der Waals surface area (Å²) >= 11 is 0. The molecule has 4 nitrogen and oxygen atoms in total. The molecule has 4 heteroatoms. The van der Waals surface area contributed by atoms with Crippen LogP contribution in [-0.4, -0.2) is 49.7 Å². The highest BCUT2D eigenvalue weighted by atomic mass is 15.2. The number of nitrogens with one attached hydrogen (secondary N) is 1. The summed E-state index contributed by atoms with van der Waals surface area (Å²) in [6.45, 7) is 8.36. The standard InChI is InChI=1S/C11H26N4/c1-11(4-2-5-12)10-14-7-9-15(11)8-3-6-13/h14H,2-10,12-13H2,1H3. The zero-order chi connectivity index (χ0) is 11.1. The largest absolute Gasteiger partial charge is 0.330 e. The molecule has 1 atom stereocenters. The molecule has 15 heavy (non-hydrogen) atoms. The fourth-order valence-electron chi connectivity index (χ4n) is 2.35. The average molecular weight is 214 g/mol. The summed E-state index contributed by atoms with van der Waals surface area (Å²) in [7, 11) is 0. The van der Waals surface area contributed by atoms with E-state index in [4.69, 9.17) is 11.5 Å². The molecule has 1 heterocycles. The van der Waals surface area contributed by atoms with Gasteiger partial charge in [0.05, 0.1) is 0 Å². The van der Waals surface area contributed by atoms with Crippen LogP contribution < -0.4 is 16.8 Å². The van der Waals surface area contributed by atoms with Gasteiger partial charge in [-0.15, -0.1) is 0 Å². The maximum atomic E-state index is 5.59. The minimum atomic E-state index is 0.285. The average Bonchev–Trinajstić information content (AvgIpc) is 2.25. The van der Waals surface area contributed by atoms with E-state index in [1.54, 1.807) is 0 Å². The van der Waals surface area contributed by atoms with Crippen LogP contribution in [0.4, 0.5) is 0 Å². The molecule has 5 N–H and O–H groups in total. The lowest BCUT2D eigenvalue weighted by atomic mass is 9.91. The Kier molecular flexibility index (Phi) is 5.53. The van der Waals surface area contributed by atoms with Crippen LogP contribution in [0.3, 0.4) is 0 Å². The SMILES string of the molecule is CC1(CCCN)CNCCN1CCCN. The Labute approximate surface area is 93.4 Å². The van der Waals surface area contributed by atoms with Gasteiger partial charge in [0.1, 0.15) is 0 Å². The molecule has 0 amide bonds. The lowest BCUT2D eigenvalue weighted by Gasteiger charge is -2.45. The molecule has 1 aliphatic heterocycles. The molecule has 1 unspecified atom stereocenters. The van der Waals surface area contributed by atoms with Crippen LogP contribution in [0, 0.1) is 0 Å². The molecule has 1 aliphatic rings. The molecule has 0 aliphatic carbocycles. The van der Waals surface area contributed by atoms with Gasteiger partial charge in [0, 0.05) is 25.2 Å². The Bertz CT molecular complexity index is 174. The highest BCUT2D eigenvalue weighted by molar-refractivity contribution is 4.92. The van der Waals surface area contributed by atoms with Crippen molar-refractivity contribution in [2.45, 2.75) is 31.7 Å². The quantitative estimate of drug-likeness (QED) is 0.570. The molecule has 0 aromatic rings.